The van der Waals surface area contributed by atoms with E-state index in [0.29, 0.717) is 12.3 Å². The Morgan fingerprint density at radius 1 is 1.30 bits per heavy atom. The van der Waals surface area contributed by atoms with Crippen molar-refractivity contribution in [3.05, 3.63) is 11.3 Å². The van der Waals surface area contributed by atoms with Gasteiger partial charge in [-0.25, -0.2) is 0 Å². The van der Waals surface area contributed by atoms with E-state index in [0.717, 1.165) is 37.6 Å². The summed E-state index contributed by atoms with van der Waals surface area (Å²) in [5.74, 6) is 1.82. The Labute approximate surface area is 139 Å². The van der Waals surface area contributed by atoms with Crippen molar-refractivity contribution in [2.45, 2.75) is 52.1 Å². The Bertz CT molecular complexity index is 549. The van der Waals surface area contributed by atoms with Crippen molar-refractivity contribution in [3.8, 4) is 0 Å². The number of carbonyl (C=O) groups excluding carboxylic acids is 1. The first-order chi connectivity index (χ1) is 10.8. The van der Waals surface area contributed by atoms with Gasteiger partial charge < -0.3 is 15.1 Å². The summed E-state index contributed by atoms with van der Waals surface area (Å²) in [5.41, 5.74) is 2.40. The monoisotopic (exact) mass is 321 g/mol. The van der Waals surface area contributed by atoms with Gasteiger partial charge in [-0.05, 0) is 19.3 Å². The summed E-state index contributed by atoms with van der Waals surface area (Å²) in [7, 11) is 6.10. The van der Waals surface area contributed by atoms with Crippen LogP contribution in [0.1, 0.15) is 50.8 Å². The van der Waals surface area contributed by atoms with Gasteiger partial charge in [-0.15, -0.1) is 0 Å². The van der Waals surface area contributed by atoms with Gasteiger partial charge in [0.25, 0.3) is 0 Å². The first-order valence-electron chi connectivity index (χ1n) is 8.55. The lowest BCUT2D eigenvalue weighted by Gasteiger charge is -2.23. The molecule has 1 saturated heterocycles. The fraction of sp³-hybridized carbons (Fsp3) is 0.765. The summed E-state index contributed by atoms with van der Waals surface area (Å²) in [6, 6.07) is 0.271. The van der Waals surface area contributed by atoms with E-state index in [1.807, 2.05) is 16.6 Å². The third kappa shape index (κ3) is 4.05. The van der Waals surface area contributed by atoms with Crippen molar-refractivity contribution in [1.29, 1.82) is 0 Å². The summed E-state index contributed by atoms with van der Waals surface area (Å²) < 4.78 is 1.96. The number of rotatable bonds is 7. The molecule has 1 amide bonds. The van der Waals surface area contributed by atoms with Gasteiger partial charge in [-0.2, -0.15) is 5.10 Å². The van der Waals surface area contributed by atoms with E-state index in [1.165, 1.54) is 5.56 Å². The zero-order valence-electron chi connectivity index (χ0n) is 15.4. The fourth-order valence-electron chi connectivity index (χ4n) is 3.34. The van der Waals surface area contributed by atoms with Crippen LogP contribution in [0.15, 0.2) is 0 Å². The van der Waals surface area contributed by atoms with Crippen molar-refractivity contribution < 1.29 is 4.79 Å². The highest BCUT2D eigenvalue weighted by Crippen LogP contribution is 2.27. The summed E-state index contributed by atoms with van der Waals surface area (Å²) in [6.45, 7) is 8.96. The van der Waals surface area contributed by atoms with Crippen LogP contribution in [0.25, 0.3) is 0 Å². The van der Waals surface area contributed by atoms with Gasteiger partial charge in [0.05, 0.1) is 5.69 Å². The van der Waals surface area contributed by atoms with Crippen LogP contribution in [-0.4, -0.2) is 53.8 Å². The summed E-state index contributed by atoms with van der Waals surface area (Å²) >= 11 is 0. The van der Waals surface area contributed by atoms with Gasteiger partial charge in [0, 0.05) is 58.8 Å². The average molecular weight is 321 g/mol. The highest BCUT2D eigenvalue weighted by atomic mass is 16.2. The number of carbonyl (C=O) groups is 1. The smallest absolute Gasteiger partial charge is 0.222 e. The molecule has 0 saturated carbocycles. The minimum absolute atomic E-state index is 0.271. The van der Waals surface area contributed by atoms with Crippen LogP contribution in [0, 0.1) is 0 Å². The number of anilines is 1. The van der Waals surface area contributed by atoms with Gasteiger partial charge in [0.1, 0.15) is 5.82 Å². The number of hydrogen-bond donors (Lipinski definition) is 1. The minimum Gasteiger partial charge on any atom is -0.363 e. The van der Waals surface area contributed by atoms with E-state index in [4.69, 9.17) is 5.10 Å². The molecule has 0 aromatic carbocycles. The van der Waals surface area contributed by atoms with Crippen LogP contribution in [0.2, 0.25) is 0 Å². The van der Waals surface area contributed by atoms with Gasteiger partial charge >= 0.3 is 0 Å². The highest BCUT2D eigenvalue weighted by molar-refractivity contribution is 5.78. The lowest BCUT2D eigenvalue weighted by Crippen LogP contribution is -2.39. The van der Waals surface area contributed by atoms with Crippen LogP contribution < -0.4 is 10.2 Å². The molecule has 1 aliphatic rings. The molecule has 0 spiro atoms. The quantitative estimate of drug-likeness (QED) is 0.831. The van der Waals surface area contributed by atoms with Gasteiger partial charge in [-0.3, -0.25) is 9.48 Å². The molecule has 1 atom stereocenters. The third-order valence-corrected chi connectivity index (χ3v) is 4.41. The Hall–Kier alpha value is -1.56. The second-order valence-corrected chi connectivity index (χ2v) is 7.09. The lowest BCUT2D eigenvalue weighted by atomic mass is 10.0. The second-order valence-electron chi connectivity index (χ2n) is 7.09. The Balaban J connectivity index is 2.05. The first-order valence-corrected chi connectivity index (χ1v) is 8.55. The number of likely N-dealkylation sites (tertiary alicyclic amines) is 1. The third-order valence-electron chi connectivity index (χ3n) is 4.41. The van der Waals surface area contributed by atoms with E-state index in [1.54, 1.807) is 0 Å². The molecule has 0 aliphatic carbocycles. The summed E-state index contributed by atoms with van der Waals surface area (Å²) in [4.78, 5) is 15.8. The van der Waals surface area contributed by atoms with Gasteiger partial charge in [0.15, 0.2) is 0 Å². The maximum atomic E-state index is 11.8. The normalized spacial score (nSPS) is 16.5. The average Bonchev–Trinajstić information content (AvgIpc) is 3.00. The molecule has 6 heteroatoms. The van der Waals surface area contributed by atoms with E-state index >= 15 is 0 Å². The Morgan fingerprint density at radius 3 is 2.52 bits per heavy atom. The number of aryl methyl sites for hydroxylation is 1. The molecule has 0 radical (unpaired) electrons. The van der Waals surface area contributed by atoms with Crippen LogP contribution in [0.3, 0.4) is 0 Å². The van der Waals surface area contributed by atoms with Crippen molar-refractivity contribution in [2.24, 2.45) is 7.05 Å². The van der Waals surface area contributed by atoms with Crippen molar-refractivity contribution in [3.63, 3.8) is 0 Å². The molecule has 130 valence electrons. The molecule has 0 bridgehead atoms. The molecule has 1 aromatic heterocycles. The Morgan fingerprint density at radius 2 is 2.00 bits per heavy atom. The van der Waals surface area contributed by atoms with Crippen molar-refractivity contribution in [1.82, 2.24) is 20.0 Å². The summed E-state index contributed by atoms with van der Waals surface area (Å²) in [5, 5.41) is 8.27. The van der Waals surface area contributed by atoms with Crippen LogP contribution in [-0.2, 0) is 18.4 Å². The van der Waals surface area contributed by atoms with E-state index < -0.39 is 0 Å². The molecule has 23 heavy (non-hydrogen) atoms. The second kappa shape index (κ2) is 7.34. The molecule has 1 aliphatic heterocycles. The maximum absolute atomic E-state index is 11.8. The lowest BCUT2D eigenvalue weighted by molar-refractivity contribution is -0.127. The van der Waals surface area contributed by atoms with Gasteiger partial charge in [-0.1, -0.05) is 13.8 Å². The molecule has 2 rings (SSSR count). The minimum atomic E-state index is 0.271. The first kappa shape index (κ1) is 17.8. The molecule has 1 unspecified atom stereocenters. The largest absolute Gasteiger partial charge is 0.363 e. The van der Waals surface area contributed by atoms with Crippen LogP contribution in [0.5, 0.6) is 0 Å². The van der Waals surface area contributed by atoms with Crippen LogP contribution >= 0.6 is 0 Å². The number of nitrogens with zero attached hydrogens (tertiary/aromatic N) is 4. The number of amides is 1. The number of aromatic nitrogens is 2. The van der Waals surface area contributed by atoms with E-state index in [9.17, 15) is 4.79 Å². The maximum Gasteiger partial charge on any atom is 0.222 e. The standard InChI is InChI=1S/C17H31N5O/c1-12(2)16-14(17(20(4)5)21(6)19-16)10-18-13(3)11-22-9-7-8-15(22)23/h12-13,18H,7-11H2,1-6H3. The SMILES string of the molecule is CC(CN1CCCC1=O)NCc1c(C(C)C)nn(C)c1N(C)C. The molecule has 2 heterocycles. The molecule has 1 N–H and O–H groups in total. The molecular formula is C17H31N5O. The van der Waals surface area contributed by atoms with E-state index in [2.05, 4.69) is 45.1 Å². The predicted molar refractivity (Wildman–Crippen MR) is 93.7 cm³/mol. The number of hydrogen-bond acceptors (Lipinski definition) is 4. The van der Waals surface area contributed by atoms with E-state index in [-0.39, 0.29) is 11.9 Å². The highest BCUT2D eigenvalue weighted by Gasteiger charge is 2.23. The molecule has 1 aromatic rings. The predicted octanol–water partition coefficient (Wildman–Crippen LogP) is 1.71. The van der Waals surface area contributed by atoms with Crippen molar-refractivity contribution in [2.75, 3.05) is 32.1 Å². The van der Waals surface area contributed by atoms with Crippen molar-refractivity contribution >= 4 is 11.7 Å². The molecular weight excluding hydrogens is 290 g/mol. The number of nitrogens with one attached hydrogen (secondary N) is 1. The zero-order valence-corrected chi connectivity index (χ0v) is 15.4. The molecule has 1 fully saturated rings. The van der Waals surface area contributed by atoms with Crippen LogP contribution in [0.4, 0.5) is 5.82 Å². The molecule has 6 nitrogen and oxygen atoms in total. The fourth-order valence-corrected chi connectivity index (χ4v) is 3.34. The summed E-state index contributed by atoms with van der Waals surface area (Å²) in [6.07, 6.45) is 1.70. The zero-order chi connectivity index (χ0) is 17.1. The Kier molecular flexibility index (Phi) is 5.68. The van der Waals surface area contributed by atoms with Gasteiger partial charge in [0.2, 0.25) is 5.91 Å². The topological polar surface area (TPSA) is 53.4 Å².